The Kier molecular flexibility index (Phi) is 5.90. The van der Waals surface area contributed by atoms with E-state index in [0.29, 0.717) is 30.0 Å². The molecule has 2 aromatic carbocycles. The first-order valence-electron chi connectivity index (χ1n) is 9.70. The maximum Gasteiger partial charge on any atom is 0.345 e. The van der Waals surface area contributed by atoms with Crippen LogP contribution in [0.2, 0.25) is 5.02 Å². The number of hydrogen-bond acceptors (Lipinski definition) is 7. The zero-order valence-electron chi connectivity index (χ0n) is 16.2. The van der Waals surface area contributed by atoms with Gasteiger partial charge in [0.2, 0.25) is 11.5 Å². The largest absolute Gasteiger partial charge is 0.493 e. The molecule has 8 nitrogen and oxygen atoms in total. The quantitative estimate of drug-likeness (QED) is 0.381. The van der Waals surface area contributed by atoms with Crippen molar-refractivity contribution in [2.75, 3.05) is 0 Å². The number of rotatable bonds is 5. The summed E-state index contributed by atoms with van der Waals surface area (Å²) in [4.78, 5) is 35.8. The predicted octanol–water partition coefficient (Wildman–Crippen LogP) is 4.46. The van der Waals surface area contributed by atoms with Crippen LogP contribution in [-0.2, 0) is 14.3 Å². The number of benzene rings is 2. The van der Waals surface area contributed by atoms with E-state index in [9.17, 15) is 19.7 Å². The number of halogens is 1. The highest BCUT2D eigenvalue weighted by molar-refractivity contribution is 6.32. The lowest BCUT2D eigenvalue weighted by atomic mass is 9.80. The minimum Gasteiger partial charge on any atom is -0.493 e. The monoisotopic (exact) mass is 443 g/mol. The number of carbonyl (C=O) groups excluding carboxylic acids is 2. The molecule has 0 amide bonds. The van der Waals surface area contributed by atoms with E-state index >= 15 is 0 Å². The van der Waals surface area contributed by atoms with Crippen LogP contribution in [0.1, 0.15) is 29.6 Å². The number of hydrogen-bond donors (Lipinski definition) is 0. The molecule has 2 aromatic rings. The third-order valence-corrected chi connectivity index (χ3v) is 5.64. The maximum absolute atomic E-state index is 12.8. The standard InChI is InChI=1S/C22H18ClNO7/c23-16-6-2-4-8-18(16)31-20-12-29-19-11-13(9-10-15(19)21(20)25)30-22(26)14-5-1-3-7-17(14)24(27)28/h1-8,12-13,15,19H,9-11H2. The van der Waals surface area contributed by atoms with E-state index in [0.717, 1.165) is 0 Å². The van der Waals surface area contributed by atoms with Crippen molar-refractivity contribution < 1.29 is 28.7 Å². The van der Waals surface area contributed by atoms with Gasteiger partial charge in [-0.2, -0.15) is 0 Å². The molecule has 0 radical (unpaired) electrons. The molecule has 160 valence electrons. The van der Waals surface area contributed by atoms with E-state index in [-0.39, 0.29) is 22.8 Å². The van der Waals surface area contributed by atoms with Crippen LogP contribution >= 0.6 is 11.6 Å². The summed E-state index contributed by atoms with van der Waals surface area (Å²) >= 11 is 6.08. The van der Waals surface area contributed by atoms with E-state index in [1.165, 1.54) is 30.5 Å². The van der Waals surface area contributed by atoms with Gasteiger partial charge in [0.05, 0.1) is 15.9 Å². The minimum atomic E-state index is -0.767. The average molecular weight is 444 g/mol. The number of fused-ring (bicyclic) bond motifs is 1. The van der Waals surface area contributed by atoms with Gasteiger partial charge in [-0.15, -0.1) is 0 Å². The SMILES string of the molecule is O=C(OC1CCC2C(=O)C(Oc3ccccc3Cl)=COC2C1)c1ccccc1[N+](=O)[O-]. The smallest absolute Gasteiger partial charge is 0.345 e. The zero-order chi connectivity index (χ0) is 22.0. The van der Waals surface area contributed by atoms with Gasteiger partial charge in [-0.25, -0.2) is 4.79 Å². The van der Waals surface area contributed by atoms with Gasteiger partial charge in [0.1, 0.15) is 29.8 Å². The van der Waals surface area contributed by atoms with Gasteiger partial charge in [-0.3, -0.25) is 14.9 Å². The Bertz CT molecular complexity index is 1070. The number of carbonyl (C=O) groups is 2. The molecule has 3 unspecified atom stereocenters. The lowest BCUT2D eigenvalue weighted by molar-refractivity contribution is -0.385. The van der Waals surface area contributed by atoms with Crippen molar-refractivity contribution in [2.24, 2.45) is 5.92 Å². The van der Waals surface area contributed by atoms with Crippen molar-refractivity contribution in [3.8, 4) is 5.75 Å². The Morgan fingerprint density at radius 2 is 1.87 bits per heavy atom. The summed E-state index contributed by atoms with van der Waals surface area (Å²) in [6.45, 7) is 0. The van der Waals surface area contributed by atoms with Gasteiger partial charge >= 0.3 is 5.97 Å². The molecule has 1 saturated carbocycles. The Balaban J connectivity index is 1.42. The van der Waals surface area contributed by atoms with Crippen LogP contribution in [0, 0.1) is 16.0 Å². The van der Waals surface area contributed by atoms with E-state index in [2.05, 4.69) is 0 Å². The summed E-state index contributed by atoms with van der Waals surface area (Å²) in [5.41, 5.74) is -0.417. The van der Waals surface area contributed by atoms with Gasteiger partial charge < -0.3 is 14.2 Å². The molecule has 0 N–H and O–H groups in total. The Labute approximate surface area is 182 Å². The summed E-state index contributed by atoms with van der Waals surface area (Å²) in [5.74, 6) is -0.957. The Morgan fingerprint density at radius 1 is 1.13 bits per heavy atom. The molecular weight excluding hydrogens is 426 g/mol. The van der Waals surface area contributed by atoms with Crippen LogP contribution in [0.25, 0.3) is 0 Å². The molecule has 1 fully saturated rings. The molecule has 4 rings (SSSR count). The van der Waals surface area contributed by atoms with Gasteiger partial charge in [-0.05, 0) is 31.0 Å². The lowest BCUT2D eigenvalue weighted by Crippen LogP contribution is -2.43. The first-order chi connectivity index (χ1) is 14.9. The molecular formula is C22H18ClNO7. The first-order valence-corrected chi connectivity index (χ1v) is 10.1. The van der Waals surface area contributed by atoms with E-state index < -0.39 is 29.0 Å². The lowest BCUT2D eigenvalue weighted by Gasteiger charge is -2.36. The van der Waals surface area contributed by atoms with Crippen LogP contribution in [0.3, 0.4) is 0 Å². The van der Waals surface area contributed by atoms with Crippen LogP contribution in [0.4, 0.5) is 5.69 Å². The van der Waals surface area contributed by atoms with Crippen molar-refractivity contribution in [3.05, 3.63) is 81.3 Å². The van der Waals surface area contributed by atoms with Gasteiger partial charge in [0.15, 0.2) is 0 Å². The molecule has 1 aliphatic heterocycles. The van der Waals surface area contributed by atoms with Crippen molar-refractivity contribution >= 4 is 29.0 Å². The fourth-order valence-electron chi connectivity index (χ4n) is 3.78. The van der Waals surface area contributed by atoms with Crippen LogP contribution in [0.5, 0.6) is 5.75 Å². The number of allylic oxidation sites excluding steroid dienone is 1. The summed E-state index contributed by atoms with van der Waals surface area (Å²) in [5, 5.41) is 11.5. The number of nitro groups is 1. The molecule has 1 heterocycles. The number of esters is 1. The van der Waals surface area contributed by atoms with Gasteiger partial charge in [0.25, 0.3) is 5.69 Å². The van der Waals surface area contributed by atoms with Crippen LogP contribution in [0.15, 0.2) is 60.6 Å². The normalized spacial score (nSPS) is 22.5. The third kappa shape index (κ3) is 4.39. The van der Waals surface area contributed by atoms with Gasteiger partial charge in [-0.1, -0.05) is 35.9 Å². The average Bonchev–Trinajstić information content (AvgIpc) is 2.77. The first kappa shape index (κ1) is 20.9. The second kappa shape index (κ2) is 8.77. The molecule has 2 aliphatic rings. The molecule has 0 bridgehead atoms. The summed E-state index contributed by atoms with van der Waals surface area (Å²) < 4.78 is 16.8. The summed E-state index contributed by atoms with van der Waals surface area (Å²) in [6.07, 6.45) is 1.45. The van der Waals surface area contributed by atoms with Gasteiger partial charge in [0, 0.05) is 12.5 Å². The zero-order valence-corrected chi connectivity index (χ0v) is 17.0. The molecule has 9 heteroatoms. The summed E-state index contributed by atoms with van der Waals surface area (Å²) in [6, 6.07) is 12.4. The highest BCUT2D eigenvalue weighted by Gasteiger charge is 2.42. The second-order valence-electron chi connectivity index (χ2n) is 7.27. The maximum atomic E-state index is 12.8. The number of para-hydroxylation sites is 2. The van der Waals surface area contributed by atoms with Crippen molar-refractivity contribution in [1.29, 1.82) is 0 Å². The molecule has 0 aromatic heterocycles. The molecule has 3 atom stereocenters. The Morgan fingerprint density at radius 3 is 2.65 bits per heavy atom. The molecule has 31 heavy (non-hydrogen) atoms. The van der Waals surface area contributed by atoms with Crippen molar-refractivity contribution in [2.45, 2.75) is 31.5 Å². The number of ketones is 1. The highest BCUT2D eigenvalue weighted by atomic mass is 35.5. The number of nitrogens with zero attached hydrogens (tertiary/aromatic N) is 1. The predicted molar refractivity (Wildman–Crippen MR) is 110 cm³/mol. The van der Waals surface area contributed by atoms with E-state index in [4.69, 9.17) is 25.8 Å². The van der Waals surface area contributed by atoms with E-state index in [1.54, 1.807) is 24.3 Å². The van der Waals surface area contributed by atoms with Crippen LogP contribution < -0.4 is 4.74 Å². The Hall–Kier alpha value is -3.39. The van der Waals surface area contributed by atoms with E-state index in [1.807, 2.05) is 0 Å². The number of Topliss-reactive ketones (excluding diaryl/α,β-unsaturated/α-hetero) is 1. The number of ether oxygens (including phenoxy) is 3. The fourth-order valence-corrected chi connectivity index (χ4v) is 3.95. The third-order valence-electron chi connectivity index (χ3n) is 5.32. The number of nitro benzene ring substituents is 1. The minimum absolute atomic E-state index is 0.0738. The van der Waals surface area contributed by atoms with Crippen LogP contribution in [-0.4, -0.2) is 28.9 Å². The van der Waals surface area contributed by atoms with Crippen molar-refractivity contribution in [1.82, 2.24) is 0 Å². The highest BCUT2D eigenvalue weighted by Crippen LogP contribution is 2.36. The second-order valence-corrected chi connectivity index (χ2v) is 7.68. The van der Waals surface area contributed by atoms with Crippen molar-refractivity contribution in [3.63, 3.8) is 0 Å². The summed E-state index contributed by atoms with van der Waals surface area (Å²) in [7, 11) is 0. The molecule has 1 aliphatic carbocycles. The fraction of sp³-hybridized carbons (Fsp3) is 0.273. The molecule has 0 saturated heterocycles. The molecule has 0 spiro atoms. The topological polar surface area (TPSA) is 105 Å².